The molecule has 7 nitrogen and oxygen atoms in total. The smallest absolute Gasteiger partial charge is 0.326 e. The molecule has 0 fully saturated rings. The summed E-state index contributed by atoms with van der Waals surface area (Å²) in [5.74, 6) is -0.524. The molecule has 0 aliphatic carbocycles. The molecule has 0 aliphatic rings. The molecule has 1 rings (SSSR count). The van der Waals surface area contributed by atoms with Crippen molar-refractivity contribution in [2.24, 2.45) is 0 Å². The Morgan fingerprint density at radius 1 is 1.56 bits per heavy atom. The molecule has 0 aromatic carbocycles. The number of aromatic nitrogens is 1. The molecule has 0 aliphatic heterocycles. The zero-order valence-electron chi connectivity index (χ0n) is 10.2. The van der Waals surface area contributed by atoms with Gasteiger partial charge in [-0.3, -0.25) is 0 Å². The lowest BCUT2D eigenvalue weighted by Gasteiger charge is -2.14. The number of carbonyl (C=O) groups is 2. The van der Waals surface area contributed by atoms with E-state index in [1.165, 1.54) is 6.20 Å². The summed E-state index contributed by atoms with van der Waals surface area (Å²) in [4.78, 5) is 22.4. The monoisotopic (exact) mass is 255 g/mol. The van der Waals surface area contributed by atoms with Crippen molar-refractivity contribution in [2.75, 3.05) is 0 Å². The molecular weight excluding hydrogens is 238 g/mol. The van der Waals surface area contributed by atoms with Gasteiger partial charge in [0.05, 0.1) is 12.7 Å². The minimum atomic E-state index is -1.03. The van der Waals surface area contributed by atoms with E-state index < -0.39 is 18.0 Å². The van der Waals surface area contributed by atoms with Crippen LogP contribution < -0.4 is 10.6 Å². The molecule has 100 valence electrons. The van der Waals surface area contributed by atoms with Crippen LogP contribution in [0.15, 0.2) is 16.8 Å². The van der Waals surface area contributed by atoms with Crippen LogP contribution in [-0.4, -0.2) is 28.3 Å². The molecule has 3 N–H and O–H groups in total. The molecule has 1 atom stereocenters. The standard InChI is InChI=1S/C11H17N3O4/c1-2-3-4-9(10(15)16)14-11(17)12-7-8-5-6-13-18-8/h5-6,9H,2-4,7H2,1H3,(H,15,16)(H2,12,14,17)/t9-/m0/s1. The molecule has 2 amide bonds. The van der Waals surface area contributed by atoms with Gasteiger partial charge >= 0.3 is 12.0 Å². The molecular formula is C11H17N3O4. The number of hydrogen-bond acceptors (Lipinski definition) is 4. The van der Waals surface area contributed by atoms with Gasteiger partial charge < -0.3 is 20.3 Å². The van der Waals surface area contributed by atoms with Gasteiger partial charge in [-0.15, -0.1) is 0 Å². The first-order valence-electron chi connectivity index (χ1n) is 5.80. The van der Waals surface area contributed by atoms with Crippen LogP contribution in [-0.2, 0) is 11.3 Å². The fourth-order valence-electron chi connectivity index (χ4n) is 1.38. The van der Waals surface area contributed by atoms with E-state index in [1.54, 1.807) is 6.07 Å². The van der Waals surface area contributed by atoms with Crippen LogP contribution in [0.2, 0.25) is 0 Å². The van der Waals surface area contributed by atoms with Crippen LogP contribution >= 0.6 is 0 Å². The highest BCUT2D eigenvalue weighted by Crippen LogP contribution is 2.01. The van der Waals surface area contributed by atoms with E-state index in [-0.39, 0.29) is 6.54 Å². The maximum atomic E-state index is 11.5. The molecule has 0 unspecified atom stereocenters. The highest BCUT2D eigenvalue weighted by atomic mass is 16.5. The van der Waals surface area contributed by atoms with Gasteiger partial charge in [-0.25, -0.2) is 9.59 Å². The third-order valence-electron chi connectivity index (χ3n) is 2.36. The largest absolute Gasteiger partial charge is 0.480 e. The number of carbonyl (C=O) groups excluding carboxylic acids is 1. The fraction of sp³-hybridized carbons (Fsp3) is 0.545. The van der Waals surface area contributed by atoms with Crippen LogP contribution in [0.25, 0.3) is 0 Å². The molecule has 0 saturated heterocycles. The fourth-order valence-corrected chi connectivity index (χ4v) is 1.38. The summed E-state index contributed by atoms with van der Waals surface area (Å²) in [7, 11) is 0. The average molecular weight is 255 g/mol. The number of carboxylic acids is 1. The quantitative estimate of drug-likeness (QED) is 0.677. The van der Waals surface area contributed by atoms with Crippen LogP contribution in [0.4, 0.5) is 4.79 Å². The maximum Gasteiger partial charge on any atom is 0.326 e. The Hall–Kier alpha value is -2.05. The second-order valence-electron chi connectivity index (χ2n) is 3.84. The van der Waals surface area contributed by atoms with Crippen molar-refractivity contribution in [1.29, 1.82) is 0 Å². The van der Waals surface area contributed by atoms with E-state index in [9.17, 15) is 9.59 Å². The van der Waals surface area contributed by atoms with Gasteiger partial charge in [0.25, 0.3) is 0 Å². The number of nitrogens with zero attached hydrogens (tertiary/aromatic N) is 1. The van der Waals surface area contributed by atoms with Crippen LogP contribution in [0, 0.1) is 0 Å². The summed E-state index contributed by atoms with van der Waals surface area (Å²) in [5.41, 5.74) is 0. The van der Waals surface area contributed by atoms with Gasteiger partial charge in [-0.1, -0.05) is 24.9 Å². The maximum absolute atomic E-state index is 11.5. The lowest BCUT2D eigenvalue weighted by molar-refractivity contribution is -0.139. The lowest BCUT2D eigenvalue weighted by atomic mass is 10.1. The molecule has 1 heterocycles. The minimum Gasteiger partial charge on any atom is -0.480 e. The topological polar surface area (TPSA) is 104 Å². The van der Waals surface area contributed by atoms with Crippen molar-refractivity contribution in [3.05, 3.63) is 18.0 Å². The van der Waals surface area contributed by atoms with E-state index in [4.69, 9.17) is 9.63 Å². The molecule has 7 heteroatoms. The number of carboxylic acid groups (broad SMARTS) is 1. The highest BCUT2D eigenvalue weighted by Gasteiger charge is 2.18. The Kier molecular flexibility index (Phi) is 5.69. The normalized spacial score (nSPS) is 11.8. The molecule has 18 heavy (non-hydrogen) atoms. The van der Waals surface area contributed by atoms with Crippen molar-refractivity contribution in [3.63, 3.8) is 0 Å². The summed E-state index contributed by atoms with van der Waals surface area (Å²) in [6, 6.07) is 0.223. The first kappa shape index (κ1) is 14.0. The average Bonchev–Trinajstić information content (AvgIpc) is 2.84. The number of aliphatic carboxylic acids is 1. The number of unbranched alkanes of at least 4 members (excludes halogenated alkanes) is 1. The Bertz CT molecular complexity index is 378. The van der Waals surface area contributed by atoms with E-state index in [2.05, 4.69) is 15.8 Å². The zero-order valence-corrected chi connectivity index (χ0v) is 10.2. The van der Waals surface area contributed by atoms with E-state index in [0.29, 0.717) is 12.2 Å². The van der Waals surface area contributed by atoms with E-state index >= 15 is 0 Å². The molecule has 0 bridgehead atoms. The van der Waals surface area contributed by atoms with Crippen molar-refractivity contribution < 1.29 is 19.2 Å². The summed E-state index contributed by atoms with van der Waals surface area (Å²) in [6.45, 7) is 2.13. The third-order valence-corrected chi connectivity index (χ3v) is 2.36. The van der Waals surface area contributed by atoms with E-state index in [1.807, 2.05) is 6.92 Å². The minimum absolute atomic E-state index is 0.173. The Morgan fingerprint density at radius 2 is 2.33 bits per heavy atom. The van der Waals surface area contributed by atoms with Crippen molar-refractivity contribution in [3.8, 4) is 0 Å². The molecule has 0 radical (unpaired) electrons. The zero-order chi connectivity index (χ0) is 13.4. The first-order valence-corrected chi connectivity index (χ1v) is 5.80. The Labute approximate surface area is 105 Å². The lowest BCUT2D eigenvalue weighted by Crippen LogP contribution is -2.45. The molecule has 0 spiro atoms. The summed E-state index contributed by atoms with van der Waals surface area (Å²) in [6.07, 6.45) is 3.52. The van der Waals surface area contributed by atoms with Gasteiger partial charge in [0.2, 0.25) is 0 Å². The molecule has 1 aromatic rings. The predicted molar refractivity (Wildman–Crippen MR) is 62.8 cm³/mol. The summed E-state index contributed by atoms with van der Waals surface area (Å²) in [5, 5.41) is 17.3. The Balaban J connectivity index is 2.34. The first-order chi connectivity index (χ1) is 8.63. The van der Waals surface area contributed by atoms with Gasteiger partial charge in [-0.05, 0) is 6.42 Å². The number of rotatable bonds is 7. The predicted octanol–water partition coefficient (Wildman–Crippen LogP) is 1.12. The SMILES string of the molecule is CCCC[C@H](NC(=O)NCc1ccno1)C(=O)O. The summed E-state index contributed by atoms with van der Waals surface area (Å²) < 4.78 is 4.79. The van der Waals surface area contributed by atoms with Gasteiger partial charge in [0.15, 0.2) is 5.76 Å². The summed E-state index contributed by atoms with van der Waals surface area (Å²) >= 11 is 0. The molecule has 0 saturated carbocycles. The number of hydrogen-bond donors (Lipinski definition) is 3. The van der Waals surface area contributed by atoms with Crippen LogP contribution in [0.1, 0.15) is 31.9 Å². The number of amides is 2. The second kappa shape index (κ2) is 7.31. The highest BCUT2D eigenvalue weighted by molar-refractivity contribution is 5.82. The third kappa shape index (κ3) is 4.86. The van der Waals surface area contributed by atoms with Crippen LogP contribution in [0.5, 0.6) is 0 Å². The Morgan fingerprint density at radius 3 is 2.89 bits per heavy atom. The van der Waals surface area contributed by atoms with Crippen molar-refractivity contribution >= 4 is 12.0 Å². The van der Waals surface area contributed by atoms with Gasteiger partial charge in [-0.2, -0.15) is 0 Å². The molecule has 1 aromatic heterocycles. The van der Waals surface area contributed by atoms with Gasteiger partial charge in [0, 0.05) is 6.07 Å². The second-order valence-corrected chi connectivity index (χ2v) is 3.84. The number of nitrogens with one attached hydrogen (secondary N) is 2. The van der Waals surface area contributed by atoms with E-state index in [0.717, 1.165) is 12.8 Å². The van der Waals surface area contributed by atoms with Crippen LogP contribution in [0.3, 0.4) is 0 Å². The number of urea groups is 1. The van der Waals surface area contributed by atoms with Crippen molar-refractivity contribution in [2.45, 2.75) is 38.8 Å². The van der Waals surface area contributed by atoms with Crippen molar-refractivity contribution in [1.82, 2.24) is 15.8 Å². The van der Waals surface area contributed by atoms with Gasteiger partial charge in [0.1, 0.15) is 6.04 Å².